The van der Waals surface area contributed by atoms with Crippen molar-refractivity contribution in [3.8, 4) is 6.07 Å². The zero-order chi connectivity index (χ0) is 14.8. The second-order valence-corrected chi connectivity index (χ2v) is 5.06. The molecular formula is C18H14N2O. The lowest BCUT2D eigenvalue weighted by Crippen LogP contribution is -2.09. The number of hydrogen-bond acceptors (Lipinski definition) is 2. The van der Waals surface area contributed by atoms with Gasteiger partial charge in [-0.05, 0) is 36.8 Å². The van der Waals surface area contributed by atoms with E-state index in [-0.39, 0.29) is 5.78 Å². The van der Waals surface area contributed by atoms with Crippen molar-refractivity contribution >= 4 is 16.7 Å². The maximum absolute atomic E-state index is 12.3. The number of carbonyl (C=O) groups excluding carboxylic acids is 1. The van der Waals surface area contributed by atoms with Crippen molar-refractivity contribution in [1.82, 2.24) is 4.57 Å². The van der Waals surface area contributed by atoms with E-state index in [9.17, 15) is 4.79 Å². The number of carbonyl (C=O) groups is 1. The van der Waals surface area contributed by atoms with Gasteiger partial charge in [-0.2, -0.15) is 5.26 Å². The molecule has 0 saturated heterocycles. The lowest BCUT2D eigenvalue weighted by molar-refractivity contribution is 0.0973. The standard InChI is InChI=1S/C18H14N2O/c1-13-3-2-4-17-16(13)9-10-20(17)12-18(21)15-7-5-14(11-19)6-8-15/h2-10H,12H2,1H3. The van der Waals surface area contributed by atoms with Crippen molar-refractivity contribution in [3.63, 3.8) is 0 Å². The molecule has 1 aromatic heterocycles. The number of fused-ring (bicyclic) bond motifs is 1. The summed E-state index contributed by atoms with van der Waals surface area (Å²) in [5.41, 5.74) is 3.46. The Labute approximate surface area is 123 Å². The van der Waals surface area contributed by atoms with Crippen molar-refractivity contribution in [2.75, 3.05) is 0 Å². The van der Waals surface area contributed by atoms with E-state index >= 15 is 0 Å². The first-order chi connectivity index (χ1) is 10.2. The van der Waals surface area contributed by atoms with Crippen LogP contribution in [0.25, 0.3) is 10.9 Å². The molecule has 2 aromatic carbocycles. The Bertz CT molecular complexity index is 851. The molecule has 0 atom stereocenters. The zero-order valence-electron chi connectivity index (χ0n) is 11.7. The molecule has 0 N–H and O–H groups in total. The Kier molecular flexibility index (Phi) is 3.29. The molecule has 21 heavy (non-hydrogen) atoms. The number of rotatable bonds is 3. The topological polar surface area (TPSA) is 45.8 Å². The fraction of sp³-hybridized carbons (Fsp3) is 0.111. The number of Topliss-reactive ketones (excluding diaryl/α,β-unsaturated/α-hetero) is 1. The summed E-state index contributed by atoms with van der Waals surface area (Å²) in [6.07, 6.45) is 1.94. The number of hydrogen-bond donors (Lipinski definition) is 0. The van der Waals surface area contributed by atoms with Gasteiger partial charge in [-0.1, -0.05) is 24.3 Å². The van der Waals surface area contributed by atoms with E-state index in [1.165, 1.54) is 10.9 Å². The number of ketones is 1. The predicted molar refractivity (Wildman–Crippen MR) is 82.2 cm³/mol. The summed E-state index contributed by atoms with van der Waals surface area (Å²) in [6, 6.07) is 16.9. The van der Waals surface area contributed by atoms with Gasteiger partial charge in [0.15, 0.2) is 5.78 Å². The molecule has 0 saturated carbocycles. The largest absolute Gasteiger partial charge is 0.340 e. The number of nitrogens with zero attached hydrogens (tertiary/aromatic N) is 2. The van der Waals surface area contributed by atoms with Crippen LogP contribution in [0.2, 0.25) is 0 Å². The van der Waals surface area contributed by atoms with Crippen molar-refractivity contribution in [1.29, 1.82) is 5.26 Å². The van der Waals surface area contributed by atoms with Gasteiger partial charge in [-0.25, -0.2) is 0 Å². The molecule has 3 aromatic rings. The molecule has 102 valence electrons. The van der Waals surface area contributed by atoms with Gasteiger partial charge in [0, 0.05) is 22.7 Å². The second kappa shape index (κ2) is 5.26. The highest BCUT2D eigenvalue weighted by atomic mass is 16.1. The molecule has 0 fully saturated rings. The van der Waals surface area contributed by atoms with E-state index in [1.54, 1.807) is 24.3 Å². The van der Waals surface area contributed by atoms with Gasteiger partial charge in [0.25, 0.3) is 0 Å². The van der Waals surface area contributed by atoms with E-state index in [2.05, 4.69) is 19.1 Å². The van der Waals surface area contributed by atoms with E-state index in [0.717, 1.165) is 5.52 Å². The van der Waals surface area contributed by atoms with Crippen LogP contribution in [0.3, 0.4) is 0 Å². The minimum atomic E-state index is 0.0403. The van der Waals surface area contributed by atoms with Crippen LogP contribution in [0, 0.1) is 18.3 Å². The van der Waals surface area contributed by atoms with Gasteiger partial charge in [-0.15, -0.1) is 0 Å². The average Bonchev–Trinajstić information content (AvgIpc) is 2.92. The predicted octanol–water partition coefficient (Wildman–Crippen LogP) is 3.70. The lowest BCUT2D eigenvalue weighted by atomic mass is 10.1. The number of aromatic nitrogens is 1. The van der Waals surface area contributed by atoms with Crippen LogP contribution >= 0.6 is 0 Å². The molecule has 0 amide bonds. The van der Waals surface area contributed by atoms with Crippen LogP contribution in [0.15, 0.2) is 54.7 Å². The minimum absolute atomic E-state index is 0.0403. The summed E-state index contributed by atoms with van der Waals surface area (Å²) >= 11 is 0. The maximum atomic E-state index is 12.3. The molecule has 3 rings (SSSR count). The third kappa shape index (κ3) is 2.44. The normalized spacial score (nSPS) is 10.5. The van der Waals surface area contributed by atoms with E-state index in [4.69, 9.17) is 5.26 Å². The van der Waals surface area contributed by atoms with Crippen molar-refractivity contribution in [2.24, 2.45) is 0 Å². The summed E-state index contributed by atoms with van der Waals surface area (Å²) in [5.74, 6) is 0.0403. The van der Waals surface area contributed by atoms with Crippen LogP contribution in [0.1, 0.15) is 21.5 Å². The van der Waals surface area contributed by atoms with Crippen molar-refractivity contribution in [3.05, 3.63) is 71.4 Å². The molecule has 0 aliphatic heterocycles. The molecule has 0 aliphatic rings. The highest BCUT2D eigenvalue weighted by molar-refractivity contribution is 5.97. The maximum Gasteiger partial charge on any atom is 0.182 e. The first-order valence-corrected chi connectivity index (χ1v) is 6.77. The molecule has 0 radical (unpaired) electrons. The number of aryl methyl sites for hydroxylation is 1. The van der Waals surface area contributed by atoms with E-state index < -0.39 is 0 Å². The van der Waals surface area contributed by atoms with Crippen LogP contribution in [0.5, 0.6) is 0 Å². The Morgan fingerprint density at radius 2 is 1.90 bits per heavy atom. The number of benzene rings is 2. The molecule has 0 spiro atoms. The van der Waals surface area contributed by atoms with Crippen LogP contribution < -0.4 is 0 Å². The van der Waals surface area contributed by atoms with E-state index in [1.807, 2.05) is 29.0 Å². The zero-order valence-corrected chi connectivity index (χ0v) is 11.7. The van der Waals surface area contributed by atoms with Gasteiger partial charge < -0.3 is 4.57 Å². The summed E-state index contributed by atoms with van der Waals surface area (Å²) < 4.78 is 1.96. The third-order valence-corrected chi connectivity index (χ3v) is 3.68. The third-order valence-electron chi connectivity index (χ3n) is 3.68. The average molecular weight is 274 g/mol. The van der Waals surface area contributed by atoms with Crippen LogP contribution in [-0.2, 0) is 6.54 Å². The molecular weight excluding hydrogens is 260 g/mol. The monoisotopic (exact) mass is 274 g/mol. The number of nitriles is 1. The summed E-state index contributed by atoms with van der Waals surface area (Å²) in [6.45, 7) is 2.37. The fourth-order valence-corrected chi connectivity index (χ4v) is 2.49. The van der Waals surface area contributed by atoms with Gasteiger partial charge in [-0.3, -0.25) is 4.79 Å². The highest BCUT2D eigenvalue weighted by Crippen LogP contribution is 2.20. The second-order valence-electron chi connectivity index (χ2n) is 5.06. The van der Waals surface area contributed by atoms with Crippen molar-refractivity contribution in [2.45, 2.75) is 13.5 Å². The van der Waals surface area contributed by atoms with Crippen LogP contribution in [0.4, 0.5) is 0 Å². The van der Waals surface area contributed by atoms with Gasteiger partial charge in [0.05, 0.1) is 18.2 Å². The Morgan fingerprint density at radius 1 is 1.14 bits per heavy atom. The first-order valence-electron chi connectivity index (χ1n) is 6.77. The Morgan fingerprint density at radius 3 is 2.62 bits per heavy atom. The molecule has 3 heteroatoms. The molecule has 0 unspecified atom stereocenters. The van der Waals surface area contributed by atoms with Gasteiger partial charge >= 0.3 is 0 Å². The lowest BCUT2D eigenvalue weighted by Gasteiger charge is -2.06. The van der Waals surface area contributed by atoms with Gasteiger partial charge in [0.1, 0.15) is 0 Å². The SMILES string of the molecule is Cc1cccc2c1ccn2CC(=O)c1ccc(C#N)cc1. The van der Waals surface area contributed by atoms with Gasteiger partial charge in [0.2, 0.25) is 0 Å². The van der Waals surface area contributed by atoms with Crippen molar-refractivity contribution < 1.29 is 4.79 Å². The molecule has 0 bridgehead atoms. The molecule has 0 aliphatic carbocycles. The Balaban J connectivity index is 1.89. The first kappa shape index (κ1) is 13.1. The summed E-state index contributed by atoms with van der Waals surface area (Å²) in [5, 5.41) is 9.95. The highest BCUT2D eigenvalue weighted by Gasteiger charge is 2.09. The summed E-state index contributed by atoms with van der Waals surface area (Å²) in [4.78, 5) is 12.3. The quantitative estimate of drug-likeness (QED) is 0.683. The van der Waals surface area contributed by atoms with Crippen LogP contribution in [-0.4, -0.2) is 10.4 Å². The molecule has 3 nitrogen and oxygen atoms in total. The smallest absolute Gasteiger partial charge is 0.182 e. The summed E-state index contributed by atoms with van der Waals surface area (Å²) in [7, 11) is 0. The Hall–Kier alpha value is -2.86. The fourth-order valence-electron chi connectivity index (χ4n) is 2.49. The molecule has 1 heterocycles. The minimum Gasteiger partial charge on any atom is -0.340 e. The van der Waals surface area contributed by atoms with E-state index in [0.29, 0.717) is 17.7 Å².